The van der Waals surface area contributed by atoms with Gasteiger partial charge in [0.15, 0.2) is 0 Å². The molecule has 0 aromatic carbocycles. The zero-order valence-electron chi connectivity index (χ0n) is 6.64. The molecule has 60 valence electrons. The number of ether oxygens (including phenoxy) is 1. The maximum absolute atomic E-state index is 10.2. The maximum atomic E-state index is 10.2. The van der Waals surface area contributed by atoms with E-state index in [9.17, 15) is 4.79 Å². The van der Waals surface area contributed by atoms with Crippen LogP contribution in [-0.4, -0.2) is 26.2 Å². The molecular formula is C7H15NO2. The van der Waals surface area contributed by atoms with E-state index in [0.29, 0.717) is 6.61 Å². The van der Waals surface area contributed by atoms with Crippen LogP contribution in [0.15, 0.2) is 0 Å². The summed E-state index contributed by atoms with van der Waals surface area (Å²) >= 11 is 0. The van der Waals surface area contributed by atoms with Gasteiger partial charge in [-0.05, 0) is 26.4 Å². The molecule has 0 atom stereocenters. The molecule has 0 aliphatic rings. The van der Waals surface area contributed by atoms with Crippen molar-refractivity contribution >= 4 is 5.97 Å². The van der Waals surface area contributed by atoms with Crippen molar-refractivity contribution in [2.45, 2.75) is 19.8 Å². The standard InChI is InChI=1S/C7H15NO2/c1-7(9)10-6-4-3-5-8-2/h8H,3-6H2,1-2H3. The van der Waals surface area contributed by atoms with Crippen molar-refractivity contribution in [2.75, 3.05) is 20.2 Å². The highest BCUT2D eigenvalue weighted by Gasteiger charge is 1.90. The summed E-state index contributed by atoms with van der Waals surface area (Å²) in [6.07, 6.45) is 2.00. The van der Waals surface area contributed by atoms with E-state index in [1.54, 1.807) is 0 Å². The van der Waals surface area contributed by atoms with E-state index < -0.39 is 0 Å². The van der Waals surface area contributed by atoms with Crippen LogP contribution in [0, 0.1) is 0 Å². The molecule has 0 aliphatic heterocycles. The fourth-order valence-corrected chi connectivity index (χ4v) is 0.620. The van der Waals surface area contributed by atoms with E-state index in [0.717, 1.165) is 19.4 Å². The topological polar surface area (TPSA) is 38.3 Å². The Kier molecular flexibility index (Phi) is 6.18. The molecule has 0 bridgehead atoms. The third kappa shape index (κ3) is 7.43. The summed E-state index contributed by atoms with van der Waals surface area (Å²) in [6.45, 7) is 2.97. The van der Waals surface area contributed by atoms with Gasteiger partial charge in [-0.25, -0.2) is 0 Å². The largest absolute Gasteiger partial charge is 0.466 e. The van der Waals surface area contributed by atoms with E-state index in [4.69, 9.17) is 4.74 Å². The van der Waals surface area contributed by atoms with E-state index in [2.05, 4.69) is 5.32 Å². The molecule has 0 radical (unpaired) electrons. The van der Waals surface area contributed by atoms with Crippen molar-refractivity contribution in [3.8, 4) is 0 Å². The highest BCUT2D eigenvalue weighted by Crippen LogP contribution is 1.87. The molecule has 0 unspecified atom stereocenters. The van der Waals surface area contributed by atoms with Crippen molar-refractivity contribution in [3.05, 3.63) is 0 Å². The first kappa shape index (κ1) is 9.43. The highest BCUT2D eigenvalue weighted by atomic mass is 16.5. The van der Waals surface area contributed by atoms with Gasteiger partial charge in [-0.15, -0.1) is 0 Å². The van der Waals surface area contributed by atoms with Gasteiger partial charge in [-0.2, -0.15) is 0 Å². The van der Waals surface area contributed by atoms with Crippen molar-refractivity contribution in [3.63, 3.8) is 0 Å². The van der Waals surface area contributed by atoms with Gasteiger partial charge in [-0.3, -0.25) is 4.79 Å². The van der Waals surface area contributed by atoms with Crippen molar-refractivity contribution in [1.29, 1.82) is 0 Å². The van der Waals surface area contributed by atoms with Crippen LogP contribution < -0.4 is 5.32 Å². The predicted octanol–water partition coefficient (Wildman–Crippen LogP) is 0.549. The molecule has 0 rings (SSSR count). The molecule has 10 heavy (non-hydrogen) atoms. The summed E-state index contributed by atoms with van der Waals surface area (Å²) in [5.74, 6) is -0.190. The van der Waals surface area contributed by atoms with E-state index >= 15 is 0 Å². The minimum Gasteiger partial charge on any atom is -0.466 e. The van der Waals surface area contributed by atoms with Crippen LogP contribution in [0.1, 0.15) is 19.8 Å². The Morgan fingerprint density at radius 3 is 2.70 bits per heavy atom. The van der Waals surface area contributed by atoms with E-state index in [1.807, 2.05) is 7.05 Å². The Morgan fingerprint density at radius 1 is 1.50 bits per heavy atom. The van der Waals surface area contributed by atoms with Gasteiger partial charge < -0.3 is 10.1 Å². The van der Waals surface area contributed by atoms with Crippen LogP contribution in [0.5, 0.6) is 0 Å². The zero-order valence-corrected chi connectivity index (χ0v) is 6.64. The Bertz CT molecular complexity index is 93.6. The molecule has 0 saturated heterocycles. The number of nitrogens with one attached hydrogen (secondary N) is 1. The van der Waals surface area contributed by atoms with E-state index in [1.165, 1.54) is 6.92 Å². The van der Waals surface area contributed by atoms with Crippen LogP contribution in [0.25, 0.3) is 0 Å². The Morgan fingerprint density at radius 2 is 2.20 bits per heavy atom. The smallest absolute Gasteiger partial charge is 0.302 e. The van der Waals surface area contributed by atoms with Crippen LogP contribution in [0.3, 0.4) is 0 Å². The second kappa shape index (κ2) is 6.55. The van der Waals surface area contributed by atoms with Gasteiger partial charge in [0.05, 0.1) is 6.61 Å². The molecule has 0 spiro atoms. The normalized spacial score (nSPS) is 9.40. The molecule has 0 saturated carbocycles. The van der Waals surface area contributed by atoms with Gasteiger partial charge in [0.1, 0.15) is 0 Å². The maximum Gasteiger partial charge on any atom is 0.302 e. The number of carbonyl (C=O) groups is 1. The van der Waals surface area contributed by atoms with Crippen molar-refractivity contribution < 1.29 is 9.53 Å². The number of esters is 1. The summed E-state index contributed by atoms with van der Waals surface area (Å²) in [5, 5.41) is 3.02. The first-order chi connectivity index (χ1) is 4.77. The van der Waals surface area contributed by atoms with Gasteiger partial charge in [0.25, 0.3) is 0 Å². The number of hydrogen-bond donors (Lipinski definition) is 1. The zero-order chi connectivity index (χ0) is 7.82. The molecule has 0 aromatic heterocycles. The number of unbranched alkanes of at least 4 members (excludes halogenated alkanes) is 1. The second-order valence-electron chi connectivity index (χ2n) is 2.15. The summed E-state index contributed by atoms with van der Waals surface area (Å²) < 4.78 is 4.72. The number of carbonyl (C=O) groups excluding carboxylic acids is 1. The second-order valence-corrected chi connectivity index (χ2v) is 2.15. The lowest BCUT2D eigenvalue weighted by Crippen LogP contribution is -2.09. The fraction of sp³-hybridized carbons (Fsp3) is 0.857. The lowest BCUT2D eigenvalue weighted by atomic mass is 10.3. The average Bonchev–Trinajstić information content (AvgIpc) is 1.87. The molecule has 0 amide bonds. The third-order valence-electron chi connectivity index (χ3n) is 1.13. The Balaban J connectivity index is 2.84. The lowest BCUT2D eigenvalue weighted by Gasteiger charge is -2.00. The van der Waals surface area contributed by atoms with Crippen LogP contribution in [-0.2, 0) is 9.53 Å². The van der Waals surface area contributed by atoms with Crippen molar-refractivity contribution in [2.24, 2.45) is 0 Å². The quantitative estimate of drug-likeness (QED) is 0.453. The molecule has 0 aliphatic carbocycles. The Labute approximate surface area is 61.8 Å². The van der Waals surface area contributed by atoms with Gasteiger partial charge in [0.2, 0.25) is 0 Å². The van der Waals surface area contributed by atoms with Crippen LogP contribution >= 0.6 is 0 Å². The molecule has 0 aromatic rings. The summed E-state index contributed by atoms with van der Waals surface area (Å²) in [4.78, 5) is 10.2. The first-order valence-corrected chi connectivity index (χ1v) is 3.55. The molecule has 3 heteroatoms. The molecular weight excluding hydrogens is 130 g/mol. The van der Waals surface area contributed by atoms with Crippen LogP contribution in [0.2, 0.25) is 0 Å². The number of hydrogen-bond acceptors (Lipinski definition) is 3. The minimum absolute atomic E-state index is 0.190. The summed E-state index contributed by atoms with van der Waals surface area (Å²) in [7, 11) is 1.91. The molecule has 3 nitrogen and oxygen atoms in total. The lowest BCUT2D eigenvalue weighted by molar-refractivity contribution is -0.141. The van der Waals surface area contributed by atoms with Gasteiger partial charge in [0, 0.05) is 6.92 Å². The number of rotatable bonds is 5. The summed E-state index contributed by atoms with van der Waals surface area (Å²) in [6, 6.07) is 0. The van der Waals surface area contributed by atoms with Crippen molar-refractivity contribution in [1.82, 2.24) is 5.32 Å². The van der Waals surface area contributed by atoms with Gasteiger partial charge in [-0.1, -0.05) is 0 Å². The average molecular weight is 145 g/mol. The SMILES string of the molecule is CNCCCCOC(C)=O. The fourth-order valence-electron chi connectivity index (χ4n) is 0.620. The molecule has 0 heterocycles. The van der Waals surface area contributed by atoms with E-state index in [-0.39, 0.29) is 5.97 Å². The predicted molar refractivity (Wildman–Crippen MR) is 39.8 cm³/mol. The summed E-state index contributed by atoms with van der Waals surface area (Å²) in [5.41, 5.74) is 0. The molecule has 0 fully saturated rings. The highest BCUT2D eigenvalue weighted by molar-refractivity contribution is 5.65. The van der Waals surface area contributed by atoms with Gasteiger partial charge >= 0.3 is 5.97 Å². The first-order valence-electron chi connectivity index (χ1n) is 3.55. The molecule has 1 N–H and O–H groups in total. The minimum atomic E-state index is -0.190. The van der Waals surface area contributed by atoms with Crippen LogP contribution in [0.4, 0.5) is 0 Å². The Hall–Kier alpha value is -0.570. The monoisotopic (exact) mass is 145 g/mol. The third-order valence-corrected chi connectivity index (χ3v) is 1.13.